The molecule has 2 heteroatoms. The Hall–Kier alpha value is -1.02. The van der Waals surface area contributed by atoms with Crippen LogP contribution in [-0.4, -0.2) is 12.1 Å². The molecule has 1 atom stereocenters. The van der Waals surface area contributed by atoms with E-state index in [0.29, 0.717) is 5.92 Å². The van der Waals surface area contributed by atoms with Crippen molar-refractivity contribution in [3.63, 3.8) is 0 Å². The van der Waals surface area contributed by atoms with Crippen molar-refractivity contribution in [1.82, 2.24) is 5.32 Å². The van der Waals surface area contributed by atoms with E-state index in [1.54, 1.807) is 0 Å². The fraction of sp³-hybridized carbons (Fsp3) is 0.647. The largest absolute Gasteiger partial charge is 0.493 e. The first kappa shape index (κ1) is 16.0. The van der Waals surface area contributed by atoms with Gasteiger partial charge in [0.25, 0.3) is 0 Å². The molecule has 1 N–H and O–H groups in total. The molecule has 0 saturated heterocycles. The second-order valence-corrected chi connectivity index (χ2v) is 6.54. The second kappa shape index (κ2) is 6.95. The van der Waals surface area contributed by atoms with E-state index in [-0.39, 0.29) is 5.54 Å². The van der Waals surface area contributed by atoms with E-state index in [1.807, 2.05) is 0 Å². The maximum absolute atomic E-state index is 5.97. The van der Waals surface area contributed by atoms with Crippen LogP contribution in [0.5, 0.6) is 5.75 Å². The maximum Gasteiger partial charge on any atom is 0.123 e. The molecule has 0 aliphatic carbocycles. The molecule has 2 nitrogen and oxygen atoms in total. The molecule has 0 bridgehead atoms. The van der Waals surface area contributed by atoms with Crippen molar-refractivity contribution in [3.05, 3.63) is 29.3 Å². The summed E-state index contributed by atoms with van der Waals surface area (Å²) in [5.74, 6) is 1.62. The third-order valence-electron chi connectivity index (χ3n) is 3.25. The SMILES string of the molecule is CCC(C)COc1ccc(C)cc1CNC(C)(C)C. The van der Waals surface area contributed by atoms with Crippen LogP contribution in [0.3, 0.4) is 0 Å². The van der Waals surface area contributed by atoms with Crippen LogP contribution in [0.15, 0.2) is 18.2 Å². The number of aryl methyl sites for hydroxylation is 1. The molecule has 1 unspecified atom stereocenters. The molecule has 0 aromatic heterocycles. The van der Waals surface area contributed by atoms with Gasteiger partial charge in [0.1, 0.15) is 5.75 Å². The summed E-state index contributed by atoms with van der Waals surface area (Å²) in [6.07, 6.45) is 1.15. The highest BCUT2D eigenvalue weighted by atomic mass is 16.5. The number of hydrogen-bond acceptors (Lipinski definition) is 2. The van der Waals surface area contributed by atoms with Crippen molar-refractivity contribution < 1.29 is 4.74 Å². The van der Waals surface area contributed by atoms with Crippen LogP contribution in [-0.2, 0) is 6.54 Å². The molecule has 0 aliphatic rings. The van der Waals surface area contributed by atoms with Crippen LogP contribution in [0.25, 0.3) is 0 Å². The summed E-state index contributed by atoms with van der Waals surface area (Å²) in [6, 6.07) is 6.43. The Bertz CT molecular complexity index is 393. The average Bonchev–Trinajstić information content (AvgIpc) is 2.33. The summed E-state index contributed by atoms with van der Waals surface area (Å²) in [4.78, 5) is 0. The van der Waals surface area contributed by atoms with E-state index in [2.05, 4.69) is 65.1 Å². The van der Waals surface area contributed by atoms with E-state index < -0.39 is 0 Å². The van der Waals surface area contributed by atoms with Gasteiger partial charge in [-0.1, -0.05) is 38.0 Å². The van der Waals surface area contributed by atoms with Gasteiger partial charge in [-0.2, -0.15) is 0 Å². The van der Waals surface area contributed by atoms with E-state index in [1.165, 1.54) is 11.1 Å². The number of hydrogen-bond donors (Lipinski definition) is 1. The quantitative estimate of drug-likeness (QED) is 0.826. The van der Waals surface area contributed by atoms with Crippen molar-refractivity contribution >= 4 is 0 Å². The molecule has 0 radical (unpaired) electrons. The van der Waals surface area contributed by atoms with Crippen molar-refractivity contribution in [2.75, 3.05) is 6.61 Å². The van der Waals surface area contributed by atoms with Crippen molar-refractivity contribution in [1.29, 1.82) is 0 Å². The Balaban J connectivity index is 2.74. The molecule has 0 saturated carbocycles. The van der Waals surface area contributed by atoms with Crippen molar-refractivity contribution in [2.45, 2.75) is 60.0 Å². The Morgan fingerprint density at radius 1 is 1.26 bits per heavy atom. The minimum atomic E-state index is 0.123. The fourth-order valence-electron chi connectivity index (χ4n) is 1.70. The summed E-state index contributed by atoms with van der Waals surface area (Å²) in [5.41, 5.74) is 2.65. The van der Waals surface area contributed by atoms with Gasteiger partial charge in [-0.25, -0.2) is 0 Å². The molecular weight excluding hydrogens is 234 g/mol. The predicted molar refractivity (Wildman–Crippen MR) is 82.7 cm³/mol. The lowest BCUT2D eigenvalue weighted by Crippen LogP contribution is -2.35. The topological polar surface area (TPSA) is 21.3 Å². The zero-order valence-corrected chi connectivity index (χ0v) is 13.3. The normalized spacial score (nSPS) is 13.4. The minimum absolute atomic E-state index is 0.123. The fourth-order valence-corrected chi connectivity index (χ4v) is 1.70. The van der Waals surface area contributed by atoms with Crippen LogP contribution in [0.1, 0.15) is 52.2 Å². The van der Waals surface area contributed by atoms with Gasteiger partial charge in [0.2, 0.25) is 0 Å². The Morgan fingerprint density at radius 3 is 2.53 bits per heavy atom. The third-order valence-corrected chi connectivity index (χ3v) is 3.25. The summed E-state index contributed by atoms with van der Waals surface area (Å²) in [5, 5.41) is 3.53. The highest BCUT2D eigenvalue weighted by Crippen LogP contribution is 2.21. The first-order valence-electron chi connectivity index (χ1n) is 7.29. The molecule has 0 spiro atoms. The summed E-state index contributed by atoms with van der Waals surface area (Å²) < 4.78 is 5.97. The molecule has 1 rings (SSSR count). The monoisotopic (exact) mass is 263 g/mol. The maximum atomic E-state index is 5.97. The smallest absolute Gasteiger partial charge is 0.123 e. The second-order valence-electron chi connectivity index (χ2n) is 6.54. The average molecular weight is 263 g/mol. The van der Waals surface area contributed by atoms with Gasteiger partial charge >= 0.3 is 0 Å². The van der Waals surface area contributed by atoms with Crippen LogP contribution in [0, 0.1) is 12.8 Å². The Morgan fingerprint density at radius 2 is 1.95 bits per heavy atom. The minimum Gasteiger partial charge on any atom is -0.493 e. The van der Waals surface area contributed by atoms with E-state index in [9.17, 15) is 0 Å². The van der Waals surface area contributed by atoms with E-state index >= 15 is 0 Å². The molecule has 0 amide bonds. The zero-order chi connectivity index (χ0) is 14.5. The Labute approximate surface area is 118 Å². The lowest BCUT2D eigenvalue weighted by molar-refractivity contribution is 0.253. The van der Waals surface area contributed by atoms with Crippen molar-refractivity contribution in [2.24, 2.45) is 5.92 Å². The molecular formula is C17H29NO. The van der Waals surface area contributed by atoms with Gasteiger partial charge in [0.15, 0.2) is 0 Å². The number of ether oxygens (including phenoxy) is 1. The highest BCUT2D eigenvalue weighted by molar-refractivity contribution is 5.37. The van der Waals surface area contributed by atoms with Crippen LogP contribution in [0.4, 0.5) is 0 Å². The van der Waals surface area contributed by atoms with E-state index in [0.717, 1.165) is 25.3 Å². The molecule has 108 valence electrons. The summed E-state index contributed by atoms with van der Waals surface area (Å²) in [6.45, 7) is 14.7. The Kier molecular flexibility index (Phi) is 5.86. The standard InChI is InChI=1S/C17H29NO/c1-7-13(2)12-19-16-9-8-14(3)10-15(16)11-18-17(4,5)6/h8-10,13,18H,7,11-12H2,1-6H3. The lowest BCUT2D eigenvalue weighted by Gasteiger charge is -2.22. The molecule has 19 heavy (non-hydrogen) atoms. The van der Waals surface area contributed by atoms with Gasteiger partial charge in [-0.15, -0.1) is 0 Å². The van der Waals surface area contributed by atoms with Gasteiger partial charge in [0, 0.05) is 17.6 Å². The number of nitrogens with one attached hydrogen (secondary N) is 1. The lowest BCUT2D eigenvalue weighted by atomic mass is 10.1. The highest BCUT2D eigenvalue weighted by Gasteiger charge is 2.11. The third kappa shape index (κ3) is 6.11. The van der Waals surface area contributed by atoms with Crippen LogP contribution >= 0.6 is 0 Å². The number of benzene rings is 1. The molecule has 0 aliphatic heterocycles. The van der Waals surface area contributed by atoms with Crippen molar-refractivity contribution in [3.8, 4) is 5.75 Å². The molecule has 0 fully saturated rings. The van der Waals surface area contributed by atoms with Crippen LogP contribution < -0.4 is 10.1 Å². The van der Waals surface area contributed by atoms with Gasteiger partial charge in [-0.05, 0) is 39.7 Å². The van der Waals surface area contributed by atoms with Crippen LogP contribution in [0.2, 0.25) is 0 Å². The predicted octanol–water partition coefficient (Wildman–Crippen LogP) is 4.31. The van der Waals surface area contributed by atoms with Gasteiger partial charge < -0.3 is 10.1 Å². The number of rotatable bonds is 6. The molecule has 0 heterocycles. The molecule has 1 aromatic carbocycles. The van der Waals surface area contributed by atoms with Gasteiger partial charge in [-0.3, -0.25) is 0 Å². The first-order valence-corrected chi connectivity index (χ1v) is 7.29. The first-order chi connectivity index (χ1) is 8.81. The zero-order valence-electron chi connectivity index (χ0n) is 13.3. The van der Waals surface area contributed by atoms with Gasteiger partial charge in [0.05, 0.1) is 6.61 Å². The molecule has 1 aromatic rings. The summed E-state index contributed by atoms with van der Waals surface area (Å²) >= 11 is 0. The summed E-state index contributed by atoms with van der Waals surface area (Å²) in [7, 11) is 0. The van der Waals surface area contributed by atoms with E-state index in [4.69, 9.17) is 4.74 Å².